The molecule has 0 radical (unpaired) electrons. The number of sulfone groups is 1. The zero-order valence-corrected chi connectivity index (χ0v) is 19.9. The third-order valence-electron chi connectivity index (χ3n) is 5.37. The predicted octanol–water partition coefficient (Wildman–Crippen LogP) is 3.38. The molecule has 9 nitrogen and oxygen atoms in total. The van der Waals surface area contributed by atoms with E-state index in [9.17, 15) is 12.8 Å². The molecule has 34 heavy (non-hydrogen) atoms. The molecule has 0 saturated carbocycles. The Hall–Kier alpha value is -2.99. The smallest absolute Gasteiger partial charge is 0.226 e. The van der Waals surface area contributed by atoms with Gasteiger partial charge in [0.15, 0.2) is 21.5 Å². The summed E-state index contributed by atoms with van der Waals surface area (Å²) in [6, 6.07) is 2.17. The molecule has 1 saturated heterocycles. The Morgan fingerprint density at radius 2 is 1.88 bits per heavy atom. The van der Waals surface area contributed by atoms with E-state index in [1.54, 1.807) is 6.92 Å². The van der Waals surface area contributed by atoms with Gasteiger partial charge in [0.2, 0.25) is 5.95 Å². The number of halogens is 2. The van der Waals surface area contributed by atoms with Crippen molar-refractivity contribution < 1.29 is 21.9 Å². The van der Waals surface area contributed by atoms with Crippen LogP contribution in [0.25, 0.3) is 11.0 Å². The lowest BCUT2D eigenvalue weighted by molar-refractivity contribution is -0.00570. The van der Waals surface area contributed by atoms with Crippen LogP contribution in [0.4, 0.5) is 26.2 Å². The number of hydrogen-bond donors (Lipinski definition) is 1. The van der Waals surface area contributed by atoms with Crippen molar-refractivity contribution in [3.63, 3.8) is 0 Å². The molecule has 1 fully saturated rings. The molecule has 3 heterocycles. The van der Waals surface area contributed by atoms with E-state index in [4.69, 9.17) is 4.74 Å². The first-order valence-corrected chi connectivity index (χ1v) is 12.8. The van der Waals surface area contributed by atoms with Gasteiger partial charge in [0, 0.05) is 18.7 Å². The van der Waals surface area contributed by atoms with Crippen molar-refractivity contribution in [2.24, 2.45) is 0 Å². The van der Waals surface area contributed by atoms with Crippen molar-refractivity contribution in [2.75, 3.05) is 29.1 Å². The summed E-state index contributed by atoms with van der Waals surface area (Å²) in [5.41, 5.74) is 0.0421. The molecule has 0 bridgehead atoms. The van der Waals surface area contributed by atoms with Crippen LogP contribution in [0.2, 0.25) is 0 Å². The number of anilines is 3. The van der Waals surface area contributed by atoms with Gasteiger partial charge in [-0.25, -0.2) is 37.1 Å². The molecule has 1 N–H and O–H groups in total. The quantitative estimate of drug-likeness (QED) is 0.531. The molecule has 2 aromatic heterocycles. The summed E-state index contributed by atoms with van der Waals surface area (Å²) in [5.74, 6) is -1.97. The van der Waals surface area contributed by atoms with E-state index >= 15 is 4.39 Å². The second kappa shape index (κ2) is 9.71. The molecule has 4 rings (SSSR count). The molecule has 1 aromatic carbocycles. The SMILES string of the molecule is CCCS(=O)(=O)Cc1ccc(F)c(Nc2ncnc3cnc(N4C[C@@H](C)O[C@@H](C)C4)nc23)c1F. The lowest BCUT2D eigenvalue weighted by Gasteiger charge is -2.35. The number of benzene rings is 1. The van der Waals surface area contributed by atoms with E-state index in [0.29, 0.717) is 31.0 Å². The van der Waals surface area contributed by atoms with E-state index < -0.39 is 32.9 Å². The van der Waals surface area contributed by atoms with Crippen LogP contribution < -0.4 is 10.2 Å². The van der Waals surface area contributed by atoms with Gasteiger partial charge >= 0.3 is 0 Å². The predicted molar refractivity (Wildman–Crippen MR) is 125 cm³/mol. The second-order valence-corrected chi connectivity index (χ2v) is 10.6. The number of nitrogens with zero attached hydrogens (tertiary/aromatic N) is 5. The fraction of sp³-hybridized carbons (Fsp3) is 0.455. The summed E-state index contributed by atoms with van der Waals surface area (Å²) < 4.78 is 59.9. The lowest BCUT2D eigenvalue weighted by Crippen LogP contribution is -2.46. The highest BCUT2D eigenvalue weighted by molar-refractivity contribution is 7.90. The van der Waals surface area contributed by atoms with Gasteiger partial charge in [-0.15, -0.1) is 0 Å². The van der Waals surface area contributed by atoms with Crippen molar-refractivity contribution >= 4 is 38.3 Å². The van der Waals surface area contributed by atoms with Crippen LogP contribution in [0.1, 0.15) is 32.8 Å². The molecule has 182 valence electrons. The number of hydrogen-bond acceptors (Lipinski definition) is 9. The maximum Gasteiger partial charge on any atom is 0.226 e. The van der Waals surface area contributed by atoms with E-state index in [2.05, 4.69) is 25.3 Å². The first-order valence-electron chi connectivity index (χ1n) is 11.0. The average Bonchev–Trinajstić information content (AvgIpc) is 2.77. The van der Waals surface area contributed by atoms with Crippen LogP contribution in [0.5, 0.6) is 0 Å². The van der Waals surface area contributed by atoms with Crippen molar-refractivity contribution in [1.29, 1.82) is 0 Å². The molecule has 1 aliphatic rings. The Bertz CT molecular complexity index is 1300. The van der Waals surface area contributed by atoms with Crippen molar-refractivity contribution in [3.05, 3.63) is 41.9 Å². The van der Waals surface area contributed by atoms with E-state index in [1.807, 2.05) is 18.7 Å². The first-order chi connectivity index (χ1) is 16.2. The molecule has 0 spiro atoms. The third kappa shape index (κ3) is 5.22. The number of rotatable bonds is 7. The number of fused-ring (bicyclic) bond motifs is 1. The maximum absolute atomic E-state index is 15.2. The molecule has 2 atom stereocenters. The topological polar surface area (TPSA) is 110 Å². The van der Waals surface area contributed by atoms with Gasteiger partial charge in [0.05, 0.1) is 29.9 Å². The van der Waals surface area contributed by atoms with Gasteiger partial charge in [-0.05, 0) is 26.3 Å². The summed E-state index contributed by atoms with van der Waals surface area (Å²) in [6.07, 6.45) is 3.14. The summed E-state index contributed by atoms with van der Waals surface area (Å²) in [4.78, 5) is 19.2. The molecule has 12 heteroatoms. The highest BCUT2D eigenvalue weighted by Gasteiger charge is 2.25. The van der Waals surface area contributed by atoms with Crippen LogP contribution in [-0.2, 0) is 20.3 Å². The minimum absolute atomic E-state index is 0.0115. The van der Waals surface area contributed by atoms with Crippen LogP contribution in [-0.4, -0.2) is 59.4 Å². The standard InChI is InChI=1S/C22H26F2N6O3S/c1-4-7-34(31,32)11-15-5-6-16(23)19(18(15)24)28-21-20-17(26-12-27-21)8-25-22(29-20)30-9-13(2)33-14(3)10-30/h5-6,8,12-14H,4,7,9-11H2,1-3H3,(H,26,27,28)/t13-,14+. The fourth-order valence-corrected chi connectivity index (χ4v) is 5.45. The summed E-state index contributed by atoms with van der Waals surface area (Å²) in [5, 5.41) is 2.66. The molecule has 1 aliphatic heterocycles. The van der Waals surface area contributed by atoms with Gasteiger partial charge < -0.3 is 15.0 Å². The van der Waals surface area contributed by atoms with E-state index in [1.165, 1.54) is 12.5 Å². The number of morpholine rings is 1. The summed E-state index contributed by atoms with van der Waals surface area (Å²) >= 11 is 0. The minimum Gasteiger partial charge on any atom is -0.372 e. The minimum atomic E-state index is -3.52. The lowest BCUT2D eigenvalue weighted by atomic mass is 10.2. The number of ether oxygens (including phenoxy) is 1. The highest BCUT2D eigenvalue weighted by atomic mass is 32.2. The number of nitrogens with one attached hydrogen (secondary N) is 1. The Balaban J connectivity index is 1.70. The first kappa shape index (κ1) is 24.1. The maximum atomic E-state index is 15.2. The van der Waals surface area contributed by atoms with Crippen molar-refractivity contribution in [3.8, 4) is 0 Å². The molecule has 3 aromatic rings. The van der Waals surface area contributed by atoms with Gasteiger partial charge in [-0.2, -0.15) is 0 Å². The monoisotopic (exact) mass is 492 g/mol. The zero-order chi connectivity index (χ0) is 24.5. The highest BCUT2D eigenvalue weighted by Crippen LogP contribution is 2.29. The van der Waals surface area contributed by atoms with Crippen LogP contribution in [0, 0.1) is 11.6 Å². The average molecular weight is 493 g/mol. The van der Waals surface area contributed by atoms with Crippen LogP contribution in [0.15, 0.2) is 24.7 Å². The van der Waals surface area contributed by atoms with E-state index in [-0.39, 0.29) is 34.9 Å². The van der Waals surface area contributed by atoms with E-state index in [0.717, 1.165) is 12.1 Å². The summed E-state index contributed by atoms with van der Waals surface area (Å²) in [6.45, 7) is 6.81. The van der Waals surface area contributed by atoms with Gasteiger partial charge in [0.25, 0.3) is 0 Å². The molecular formula is C22H26F2N6O3S. The molecular weight excluding hydrogens is 466 g/mol. The number of aromatic nitrogens is 4. The Morgan fingerprint density at radius 3 is 2.59 bits per heavy atom. The zero-order valence-electron chi connectivity index (χ0n) is 19.1. The second-order valence-electron chi connectivity index (χ2n) is 8.40. The molecule has 0 amide bonds. The third-order valence-corrected chi connectivity index (χ3v) is 7.15. The van der Waals surface area contributed by atoms with Gasteiger partial charge in [-0.3, -0.25) is 0 Å². The Morgan fingerprint density at radius 1 is 1.15 bits per heavy atom. The fourth-order valence-electron chi connectivity index (χ4n) is 3.99. The Labute approximate surface area is 196 Å². The van der Waals surface area contributed by atoms with Crippen molar-refractivity contribution in [1.82, 2.24) is 19.9 Å². The van der Waals surface area contributed by atoms with Crippen molar-refractivity contribution in [2.45, 2.75) is 45.2 Å². The van der Waals surface area contributed by atoms with Gasteiger partial charge in [0.1, 0.15) is 28.9 Å². The molecule has 0 unspecified atom stereocenters. The molecule has 0 aliphatic carbocycles. The Kier molecular flexibility index (Phi) is 6.89. The normalized spacial score (nSPS) is 18.9. The summed E-state index contributed by atoms with van der Waals surface area (Å²) in [7, 11) is -3.52. The van der Waals surface area contributed by atoms with Crippen LogP contribution in [0.3, 0.4) is 0 Å². The largest absolute Gasteiger partial charge is 0.372 e. The van der Waals surface area contributed by atoms with Gasteiger partial charge in [-0.1, -0.05) is 13.0 Å². The van der Waals surface area contributed by atoms with Crippen LogP contribution >= 0.6 is 0 Å².